The molecule has 2 unspecified atom stereocenters. The predicted molar refractivity (Wildman–Crippen MR) is 67.8 cm³/mol. The fraction of sp³-hybridized carbons (Fsp3) is 0.583. The largest absolute Gasteiger partial charge is 0.317 e. The molecule has 2 atom stereocenters. The molecule has 0 saturated carbocycles. The summed E-state index contributed by atoms with van der Waals surface area (Å²) in [6.45, 7) is 2.56. The summed E-state index contributed by atoms with van der Waals surface area (Å²) in [6, 6.07) is 2.47. The maximum absolute atomic E-state index is 12.0. The van der Waals surface area contributed by atoms with Crippen LogP contribution in [0.1, 0.15) is 18.2 Å². The molecule has 0 bridgehead atoms. The third-order valence-corrected chi connectivity index (χ3v) is 4.33. The van der Waals surface area contributed by atoms with Crippen molar-refractivity contribution < 1.29 is 4.79 Å². The number of likely N-dealkylation sites (tertiary alicyclic amines) is 1. The molecule has 1 aromatic heterocycles. The highest BCUT2D eigenvalue weighted by molar-refractivity contribution is 7.07. The first-order valence-corrected chi connectivity index (χ1v) is 6.95. The lowest BCUT2D eigenvalue weighted by Gasteiger charge is -2.29. The molecule has 1 amide bonds. The van der Waals surface area contributed by atoms with Gasteiger partial charge in [0.25, 0.3) is 0 Å². The van der Waals surface area contributed by atoms with Gasteiger partial charge in [-0.05, 0) is 42.4 Å². The topological polar surface area (TPSA) is 35.6 Å². The quantitative estimate of drug-likeness (QED) is 0.847. The summed E-state index contributed by atoms with van der Waals surface area (Å²) in [6.07, 6.45) is 1.18. The van der Waals surface area contributed by atoms with Gasteiger partial charge in [-0.15, -0.1) is 0 Å². The lowest BCUT2D eigenvalue weighted by Crippen LogP contribution is -2.40. The maximum Gasteiger partial charge on any atom is 0.238 e. The van der Waals surface area contributed by atoms with Gasteiger partial charge in [-0.1, -0.05) is 0 Å². The summed E-state index contributed by atoms with van der Waals surface area (Å²) in [5, 5.41) is 7.51. The van der Waals surface area contributed by atoms with E-state index in [1.165, 1.54) is 5.56 Å². The molecule has 0 radical (unpaired) electrons. The second-order valence-corrected chi connectivity index (χ2v) is 5.63. The van der Waals surface area contributed by atoms with Crippen LogP contribution >= 0.6 is 11.3 Å². The van der Waals surface area contributed by atoms with Gasteiger partial charge >= 0.3 is 0 Å². The van der Waals surface area contributed by atoms with Crippen LogP contribution in [-0.2, 0) is 4.79 Å². The Labute approximate surface area is 105 Å². The predicted octanol–water partition coefficient (Wildman–Crippen LogP) is 0.883. The first-order chi connectivity index (χ1) is 8.25. The van der Waals surface area contributed by atoms with Crippen LogP contribution in [0.3, 0.4) is 0 Å². The number of rotatable bonds is 2. The van der Waals surface area contributed by atoms with E-state index in [0.717, 1.165) is 19.5 Å². The van der Waals surface area contributed by atoms with E-state index in [9.17, 15) is 4.79 Å². The number of carbonyl (C=O) groups excluding carboxylic acids is 1. The van der Waals surface area contributed by atoms with E-state index in [2.05, 4.69) is 34.1 Å². The van der Waals surface area contributed by atoms with Gasteiger partial charge in [0.15, 0.2) is 0 Å². The molecular formula is C12H17N3OS. The minimum atomic E-state index is 0.0882. The lowest BCUT2D eigenvalue weighted by molar-refractivity contribution is -0.130. The van der Waals surface area contributed by atoms with Crippen LogP contribution in [0.15, 0.2) is 16.8 Å². The van der Waals surface area contributed by atoms with Gasteiger partial charge in [0.05, 0.1) is 6.54 Å². The number of nitrogens with zero attached hydrogens (tertiary/aromatic N) is 2. The average Bonchev–Trinajstić information content (AvgIpc) is 2.97. The summed E-state index contributed by atoms with van der Waals surface area (Å²) in [7, 11) is 2.12. The first-order valence-electron chi connectivity index (χ1n) is 6.01. The summed E-state index contributed by atoms with van der Waals surface area (Å²) >= 11 is 1.68. The fourth-order valence-electron chi connectivity index (χ4n) is 2.78. The fourth-order valence-corrected chi connectivity index (χ4v) is 3.46. The van der Waals surface area contributed by atoms with Gasteiger partial charge in [-0.2, -0.15) is 11.3 Å². The number of hydrogen-bond acceptors (Lipinski definition) is 4. The molecule has 17 heavy (non-hydrogen) atoms. The van der Waals surface area contributed by atoms with E-state index >= 15 is 0 Å². The molecule has 2 aliphatic heterocycles. The Balaban J connectivity index is 1.82. The normalized spacial score (nSPS) is 30.4. The second-order valence-electron chi connectivity index (χ2n) is 4.85. The third kappa shape index (κ3) is 1.99. The van der Waals surface area contributed by atoms with Gasteiger partial charge in [-0.25, -0.2) is 0 Å². The molecule has 1 N–H and O–H groups in total. The number of hydrogen-bond donors (Lipinski definition) is 1. The SMILES string of the molecule is CN1CCC(N2C(=O)CNC2c2ccsc2)C1. The zero-order valence-electron chi connectivity index (χ0n) is 9.93. The number of nitrogens with one attached hydrogen (secondary N) is 1. The second kappa shape index (κ2) is 4.40. The van der Waals surface area contributed by atoms with Gasteiger partial charge in [-0.3, -0.25) is 10.1 Å². The molecule has 4 nitrogen and oxygen atoms in total. The van der Waals surface area contributed by atoms with Crippen LogP contribution in [0.25, 0.3) is 0 Å². The van der Waals surface area contributed by atoms with E-state index in [1.54, 1.807) is 11.3 Å². The van der Waals surface area contributed by atoms with Crippen molar-refractivity contribution in [2.45, 2.75) is 18.6 Å². The first kappa shape index (κ1) is 11.2. The molecule has 2 aliphatic rings. The molecule has 0 aromatic carbocycles. The lowest BCUT2D eigenvalue weighted by atomic mass is 10.1. The Bertz CT molecular complexity index is 406. The molecule has 0 aliphatic carbocycles. The van der Waals surface area contributed by atoms with Gasteiger partial charge < -0.3 is 9.80 Å². The Morgan fingerprint density at radius 2 is 2.41 bits per heavy atom. The van der Waals surface area contributed by atoms with Gasteiger partial charge in [0.1, 0.15) is 6.17 Å². The van der Waals surface area contributed by atoms with E-state index in [-0.39, 0.29) is 12.1 Å². The van der Waals surface area contributed by atoms with Crippen LogP contribution in [0, 0.1) is 0 Å². The van der Waals surface area contributed by atoms with Crippen LogP contribution in [-0.4, -0.2) is 48.4 Å². The maximum atomic E-state index is 12.0. The van der Waals surface area contributed by atoms with Gasteiger partial charge in [0.2, 0.25) is 5.91 Å². The van der Waals surface area contributed by atoms with Crippen molar-refractivity contribution in [3.63, 3.8) is 0 Å². The molecule has 92 valence electrons. The third-order valence-electron chi connectivity index (χ3n) is 3.63. The summed E-state index contributed by atoms with van der Waals surface area (Å²) in [5.41, 5.74) is 1.22. The summed E-state index contributed by atoms with van der Waals surface area (Å²) in [4.78, 5) is 16.4. The van der Waals surface area contributed by atoms with E-state index in [4.69, 9.17) is 0 Å². The van der Waals surface area contributed by atoms with E-state index in [1.807, 2.05) is 4.90 Å². The standard InChI is InChI=1S/C12H17N3OS/c1-14-4-2-10(7-14)15-11(16)6-13-12(15)9-3-5-17-8-9/h3,5,8,10,12-13H,2,4,6-7H2,1H3. The average molecular weight is 251 g/mol. The highest BCUT2D eigenvalue weighted by Gasteiger charge is 2.38. The number of amides is 1. The Morgan fingerprint density at radius 3 is 3.06 bits per heavy atom. The van der Waals surface area contributed by atoms with Crippen LogP contribution in [0.2, 0.25) is 0 Å². The molecule has 2 saturated heterocycles. The van der Waals surface area contributed by atoms with Crippen LogP contribution in [0.5, 0.6) is 0 Å². The van der Waals surface area contributed by atoms with Crippen molar-refractivity contribution in [3.05, 3.63) is 22.4 Å². The van der Waals surface area contributed by atoms with Gasteiger partial charge in [0, 0.05) is 12.6 Å². The Morgan fingerprint density at radius 1 is 1.53 bits per heavy atom. The summed E-state index contributed by atoms with van der Waals surface area (Å²) in [5.74, 6) is 0.238. The highest BCUT2D eigenvalue weighted by atomic mass is 32.1. The van der Waals surface area contributed by atoms with Crippen molar-refractivity contribution in [1.29, 1.82) is 0 Å². The molecule has 0 spiro atoms. The smallest absolute Gasteiger partial charge is 0.238 e. The Kier molecular flexibility index (Phi) is 2.90. The van der Waals surface area contributed by atoms with Crippen LogP contribution in [0.4, 0.5) is 0 Å². The van der Waals surface area contributed by atoms with Crippen molar-refractivity contribution in [2.24, 2.45) is 0 Å². The molecule has 1 aromatic rings. The zero-order chi connectivity index (χ0) is 11.8. The van der Waals surface area contributed by atoms with Crippen molar-refractivity contribution in [3.8, 4) is 0 Å². The number of carbonyl (C=O) groups is 1. The summed E-state index contributed by atoms with van der Waals surface area (Å²) < 4.78 is 0. The van der Waals surface area contributed by atoms with Crippen LogP contribution < -0.4 is 5.32 Å². The monoisotopic (exact) mass is 251 g/mol. The molecule has 2 fully saturated rings. The molecule has 3 rings (SSSR count). The number of thiophene rings is 1. The number of likely N-dealkylation sites (N-methyl/N-ethyl adjacent to an activating group) is 1. The Hall–Kier alpha value is -0.910. The molecule has 3 heterocycles. The van der Waals surface area contributed by atoms with E-state index in [0.29, 0.717) is 12.6 Å². The zero-order valence-corrected chi connectivity index (χ0v) is 10.7. The molecular weight excluding hydrogens is 234 g/mol. The van der Waals surface area contributed by atoms with Crippen molar-refractivity contribution in [1.82, 2.24) is 15.1 Å². The van der Waals surface area contributed by atoms with Crippen molar-refractivity contribution >= 4 is 17.2 Å². The van der Waals surface area contributed by atoms with Crippen molar-refractivity contribution in [2.75, 3.05) is 26.7 Å². The highest BCUT2D eigenvalue weighted by Crippen LogP contribution is 2.29. The minimum absolute atomic E-state index is 0.0882. The molecule has 5 heteroatoms. The van der Waals surface area contributed by atoms with E-state index < -0.39 is 0 Å². The minimum Gasteiger partial charge on any atom is -0.317 e.